The highest BCUT2D eigenvalue weighted by molar-refractivity contribution is 5.99. The molecule has 1 heterocycles. The van der Waals surface area contributed by atoms with Crippen LogP contribution in [0.1, 0.15) is 36.5 Å². The van der Waals surface area contributed by atoms with Gasteiger partial charge in [-0.05, 0) is 50.5 Å². The number of carbonyl (C=O) groups excluding carboxylic acids is 2. The third-order valence-electron chi connectivity index (χ3n) is 5.37. The highest BCUT2D eigenvalue weighted by atomic mass is 16.5. The van der Waals surface area contributed by atoms with E-state index in [4.69, 9.17) is 9.84 Å². The van der Waals surface area contributed by atoms with E-state index in [0.717, 1.165) is 50.2 Å². The van der Waals surface area contributed by atoms with Crippen LogP contribution in [0.4, 0.5) is 4.79 Å². The zero-order valence-corrected chi connectivity index (χ0v) is 16.8. The second-order valence-electron chi connectivity index (χ2n) is 7.70. The Morgan fingerprint density at radius 1 is 1.14 bits per heavy atom. The van der Waals surface area contributed by atoms with E-state index in [2.05, 4.69) is 10.2 Å². The van der Waals surface area contributed by atoms with Crippen LogP contribution in [0.5, 0.6) is 5.75 Å². The number of nitrogens with zero attached hydrogens (tertiary/aromatic N) is 2. The largest absolute Gasteiger partial charge is 0.494 e. The normalized spacial score (nSPS) is 18.2. The van der Waals surface area contributed by atoms with Crippen LogP contribution in [0, 0.1) is 5.92 Å². The van der Waals surface area contributed by atoms with Gasteiger partial charge in [0.15, 0.2) is 5.78 Å². The Morgan fingerprint density at radius 2 is 1.79 bits per heavy atom. The molecule has 1 saturated heterocycles. The van der Waals surface area contributed by atoms with Gasteiger partial charge in [-0.15, -0.1) is 0 Å². The molecule has 8 heteroatoms. The number of hydrogen-bond acceptors (Lipinski definition) is 5. The van der Waals surface area contributed by atoms with Gasteiger partial charge in [0.25, 0.3) is 0 Å². The highest BCUT2D eigenvalue weighted by Crippen LogP contribution is 2.32. The van der Waals surface area contributed by atoms with Gasteiger partial charge < -0.3 is 20.1 Å². The Hall–Kier alpha value is -2.61. The number of Topliss-reactive ketones (excluding diaryl/α,β-unsaturated/α-hetero) is 1. The molecule has 2 aliphatic rings. The molecule has 8 nitrogen and oxygen atoms in total. The monoisotopic (exact) mass is 403 g/mol. The summed E-state index contributed by atoms with van der Waals surface area (Å²) in [7, 11) is 0. The van der Waals surface area contributed by atoms with Crippen molar-refractivity contribution in [2.45, 2.75) is 32.2 Å². The fourth-order valence-corrected chi connectivity index (χ4v) is 3.49. The highest BCUT2D eigenvalue weighted by Gasteiger charge is 2.30. The maximum atomic E-state index is 12.2. The summed E-state index contributed by atoms with van der Waals surface area (Å²) in [5.41, 5.74) is 0.764. The number of piperazine rings is 1. The summed E-state index contributed by atoms with van der Waals surface area (Å²) in [5, 5.41) is 10.9. The van der Waals surface area contributed by atoms with Gasteiger partial charge in [-0.25, -0.2) is 4.79 Å². The summed E-state index contributed by atoms with van der Waals surface area (Å²) in [6, 6.07) is 6.66. The van der Waals surface area contributed by atoms with E-state index >= 15 is 0 Å². The number of ether oxygens (including phenoxy) is 1. The summed E-state index contributed by atoms with van der Waals surface area (Å²) in [4.78, 5) is 38.8. The van der Waals surface area contributed by atoms with Crippen LogP contribution in [0.25, 0.3) is 0 Å². The van der Waals surface area contributed by atoms with Crippen molar-refractivity contribution in [1.29, 1.82) is 0 Å². The number of hydrogen-bond donors (Lipinski definition) is 2. The fourth-order valence-electron chi connectivity index (χ4n) is 3.49. The number of ketones is 1. The predicted octanol–water partition coefficient (Wildman–Crippen LogP) is 1.85. The number of carboxylic acid groups (broad SMARTS) is 1. The zero-order valence-electron chi connectivity index (χ0n) is 16.8. The van der Waals surface area contributed by atoms with E-state index in [1.807, 2.05) is 24.3 Å². The van der Waals surface area contributed by atoms with Crippen LogP contribution in [-0.2, 0) is 4.79 Å². The third kappa shape index (κ3) is 6.19. The first-order chi connectivity index (χ1) is 13.9. The summed E-state index contributed by atoms with van der Waals surface area (Å²) in [6.07, 6.45) is 1.71. The molecule has 0 bridgehead atoms. The van der Waals surface area contributed by atoms with Crippen molar-refractivity contribution in [2.24, 2.45) is 5.92 Å². The zero-order chi connectivity index (χ0) is 20.8. The van der Waals surface area contributed by atoms with Crippen molar-refractivity contribution in [3.8, 4) is 5.75 Å². The molecule has 1 saturated carbocycles. The molecule has 1 aromatic carbocycles. The van der Waals surface area contributed by atoms with Crippen molar-refractivity contribution in [3.63, 3.8) is 0 Å². The van der Waals surface area contributed by atoms with Gasteiger partial charge in [0.05, 0.1) is 6.61 Å². The molecule has 0 radical (unpaired) electrons. The standard InChI is InChI=1S/C21H29N3O5/c1-15(22-21(27)28)20(26)24-12-10-23(11-13-24)9-2-14-29-18-7-5-17(6-8-18)19(25)16-3-4-16/h5-8,15-16,22H,2-4,9-14H2,1H3,(H,27,28)/t15-/m1/s1. The molecule has 1 aliphatic heterocycles. The lowest BCUT2D eigenvalue weighted by atomic mass is 10.1. The van der Waals surface area contributed by atoms with Gasteiger partial charge >= 0.3 is 6.09 Å². The lowest BCUT2D eigenvalue weighted by molar-refractivity contribution is -0.134. The van der Waals surface area contributed by atoms with Crippen LogP contribution in [0.15, 0.2) is 24.3 Å². The van der Waals surface area contributed by atoms with Gasteiger partial charge in [-0.2, -0.15) is 0 Å². The van der Waals surface area contributed by atoms with Crippen molar-refractivity contribution >= 4 is 17.8 Å². The fraction of sp³-hybridized carbons (Fsp3) is 0.571. The SMILES string of the molecule is C[C@@H](NC(=O)O)C(=O)N1CCN(CCCOc2ccc(C(=O)C3CC3)cc2)CC1. The van der Waals surface area contributed by atoms with Crippen molar-refractivity contribution in [1.82, 2.24) is 15.1 Å². The van der Waals surface area contributed by atoms with Crippen LogP contribution in [0.2, 0.25) is 0 Å². The average molecular weight is 403 g/mol. The van der Waals surface area contributed by atoms with Crippen molar-refractivity contribution in [3.05, 3.63) is 29.8 Å². The maximum Gasteiger partial charge on any atom is 0.405 e. The Balaban J connectivity index is 1.31. The molecule has 1 aliphatic carbocycles. The molecule has 2 fully saturated rings. The molecule has 0 spiro atoms. The van der Waals surface area contributed by atoms with Crippen LogP contribution < -0.4 is 10.1 Å². The molecular weight excluding hydrogens is 374 g/mol. The molecule has 3 rings (SSSR count). The summed E-state index contributed by atoms with van der Waals surface area (Å²) in [6.45, 7) is 5.77. The lowest BCUT2D eigenvalue weighted by Crippen LogP contribution is -2.54. The number of nitrogens with one attached hydrogen (secondary N) is 1. The van der Waals surface area contributed by atoms with Crippen LogP contribution in [0.3, 0.4) is 0 Å². The van der Waals surface area contributed by atoms with E-state index in [1.54, 1.807) is 11.8 Å². The average Bonchev–Trinajstić information content (AvgIpc) is 3.56. The summed E-state index contributed by atoms with van der Waals surface area (Å²) in [5.74, 6) is 1.06. The van der Waals surface area contributed by atoms with E-state index in [1.165, 1.54) is 0 Å². The first-order valence-corrected chi connectivity index (χ1v) is 10.2. The van der Waals surface area contributed by atoms with Crippen molar-refractivity contribution in [2.75, 3.05) is 39.3 Å². The Bertz CT molecular complexity index is 724. The Morgan fingerprint density at radius 3 is 2.38 bits per heavy atom. The quantitative estimate of drug-likeness (QED) is 0.482. The number of amides is 2. The van der Waals surface area contributed by atoms with Gasteiger partial charge in [-0.3, -0.25) is 14.5 Å². The molecule has 1 aromatic rings. The van der Waals surface area contributed by atoms with Gasteiger partial charge in [0, 0.05) is 44.2 Å². The first kappa shape index (κ1) is 21.1. The van der Waals surface area contributed by atoms with Gasteiger partial charge in [-0.1, -0.05) is 0 Å². The summed E-state index contributed by atoms with van der Waals surface area (Å²) >= 11 is 0. The molecular formula is C21H29N3O5. The third-order valence-corrected chi connectivity index (χ3v) is 5.37. The maximum absolute atomic E-state index is 12.2. The number of carbonyl (C=O) groups is 3. The van der Waals surface area contributed by atoms with Crippen LogP contribution >= 0.6 is 0 Å². The second kappa shape index (κ2) is 9.73. The molecule has 2 N–H and O–H groups in total. The molecule has 1 atom stereocenters. The molecule has 0 aromatic heterocycles. The molecule has 0 unspecified atom stereocenters. The minimum Gasteiger partial charge on any atom is -0.494 e. The number of benzene rings is 1. The van der Waals surface area contributed by atoms with E-state index in [-0.39, 0.29) is 17.6 Å². The molecule has 158 valence electrons. The van der Waals surface area contributed by atoms with E-state index in [9.17, 15) is 14.4 Å². The number of rotatable bonds is 9. The topological polar surface area (TPSA) is 99.2 Å². The molecule has 2 amide bonds. The summed E-state index contributed by atoms with van der Waals surface area (Å²) < 4.78 is 5.77. The van der Waals surface area contributed by atoms with Gasteiger partial charge in [0.1, 0.15) is 11.8 Å². The minimum atomic E-state index is -1.19. The predicted molar refractivity (Wildman–Crippen MR) is 107 cm³/mol. The van der Waals surface area contributed by atoms with Gasteiger partial charge in [0.2, 0.25) is 5.91 Å². The van der Waals surface area contributed by atoms with E-state index in [0.29, 0.717) is 19.7 Å². The second-order valence-corrected chi connectivity index (χ2v) is 7.70. The lowest BCUT2D eigenvalue weighted by Gasteiger charge is -2.35. The first-order valence-electron chi connectivity index (χ1n) is 10.2. The smallest absolute Gasteiger partial charge is 0.405 e. The van der Waals surface area contributed by atoms with Crippen LogP contribution in [-0.4, -0.2) is 78.1 Å². The van der Waals surface area contributed by atoms with E-state index < -0.39 is 12.1 Å². The Kier molecular flexibility index (Phi) is 7.09. The minimum absolute atomic E-state index is 0.181. The van der Waals surface area contributed by atoms with Crippen molar-refractivity contribution < 1.29 is 24.2 Å². The Labute approximate surface area is 170 Å². The molecule has 29 heavy (non-hydrogen) atoms.